The van der Waals surface area contributed by atoms with Gasteiger partial charge in [-0.05, 0) is 24.1 Å². The predicted octanol–water partition coefficient (Wildman–Crippen LogP) is 5.23. The molecule has 0 N–H and O–H groups in total. The molecule has 0 aliphatic heterocycles. The number of hydrogen-bond donors (Lipinski definition) is 0. The quantitative estimate of drug-likeness (QED) is 0.491. The standard InChI is InChI=1S/C13H18BrF/c1-2-3-4-5-6-13(14)11-7-9-12(15)10-8-11/h7-10,13H,2-6H2,1H3. The van der Waals surface area contributed by atoms with Crippen molar-refractivity contribution in [3.05, 3.63) is 35.6 Å². The van der Waals surface area contributed by atoms with Crippen LogP contribution >= 0.6 is 15.9 Å². The Morgan fingerprint density at radius 3 is 2.40 bits per heavy atom. The van der Waals surface area contributed by atoms with Gasteiger partial charge < -0.3 is 0 Å². The van der Waals surface area contributed by atoms with Crippen LogP contribution in [0.2, 0.25) is 0 Å². The monoisotopic (exact) mass is 272 g/mol. The summed E-state index contributed by atoms with van der Waals surface area (Å²) in [4.78, 5) is 0.370. The average Bonchev–Trinajstić information content (AvgIpc) is 2.25. The van der Waals surface area contributed by atoms with E-state index >= 15 is 0 Å². The van der Waals surface area contributed by atoms with Gasteiger partial charge in [-0.15, -0.1) is 0 Å². The average molecular weight is 273 g/mol. The Balaban J connectivity index is 2.33. The molecule has 1 aromatic rings. The topological polar surface area (TPSA) is 0 Å². The highest BCUT2D eigenvalue weighted by Crippen LogP contribution is 2.28. The van der Waals surface area contributed by atoms with Crippen LogP contribution < -0.4 is 0 Å². The zero-order valence-electron chi connectivity index (χ0n) is 9.18. The molecule has 1 unspecified atom stereocenters. The van der Waals surface area contributed by atoms with E-state index in [1.165, 1.54) is 43.4 Å². The highest BCUT2D eigenvalue weighted by Gasteiger charge is 2.06. The second kappa shape index (κ2) is 7.00. The highest BCUT2D eigenvalue weighted by atomic mass is 79.9. The number of unbranched alkanes of at least 4 members (excludes halogenated alkanes) is 3. The Hall–Kier alpha value is -0.370. The van der Waals surface area contributed by atoms with E-state index in [1.807, 2.05) is 12.1 Å². The molecule has 0 heterocycles. The first-order chi connectivity index (χ1) is 7.24. The van der Waals surface area contributed by atoms with Gasteiger partial charge in [-0.3, -0.25) is 0 Å². The van der Waals surface area contributed by atoms with Crippen LogP contribution in [-0.4, -0.2) is 0 Å². The molecule has 0 radical (unpaired) electrons. The molecule has 15 heavy (non-hydrogen) atoms. The van der Waals surface area contributed by atoms with E-state index in [0.717, 1.165) is 6.42 Å². The Labute approximate surface area is 100 Å². The summed E-state index contributed by atoms with van der Waals surface area (Å²) >= 11 is 3.64. The Morgan fingerprint density at radius 2 is 1.80 bits per heavy atom. The molecule has 84 valence electrons. The molecule has 0 aliphatic rings. The van der Waals surface area contributed by atoms with Gasteiger partial charge in [0, 0.05) is 4.83 Å². The molecule has 1 aromatic carbocycles. The summed E-state index contributed by atoms with van der Waals surface area (Å²) in [6, 6.07) is 6.76. The maximum Gasteiger partial charge on any atom is 0.123 e. The summed E-state index contributed by atoms with van der Waals surface area (Å²) < 4.78 is 12.7. The summed E-state index contributed by atoms with van der Waals surface area (Å²) in [5, 5.41) is 0. The Bertz CT molecular complexity index is 268. The molecular formula is C13H18BrF. The van der Waals surface area contributed by atoms with Crippen LogP contribution in [0, 0.1) is 5.82 Å². The van der Waals surface area contributed by atoms with Crippen molar-refractivity contribution in [3.63, 3.8) is 0 Å². The van der Waals surface area contributed by atoms with Crippen LogP contribution in [0.25, 0.3) is 0 Å². The molecule has 2 heteroatoms. The summed E-state index contributed by atoms with van der Waals surface area (Å²) in [7, 11) is 0. The first kappa shape index (κ1) is 12.7. The van der Waals surface area contributed by atoms with E-state index in [9.17, 15) is 4.39 Å². The van der Waals surface area contributed by atoms with E-state index in [-0.39, 0.29) is 5.82 Å². The minimum atomic E-state index is -0.163. The molecule has 0 aliphatic carbocycles. The number of alkyl halides is 1. The lowest BCUT2D eigenvalue weighted by molar-refractivity contribution is 0.620. The number of rotatable bonds is 6. The van der Waals surface area contributed by atoms with Gasteiger partial charge in [-0.1, -0.05) is 60.7 Å². The molecule has 0 bridgehead atoms. The smallest absolute Gasteiger partial charge is 0.123 e. The molecule has 0 saturated carbocycles. The molecule has 1 atom stereocenters. The zero-order valence-corrected chi connectivity index (χ0v) is 10.8. The fraction of sp³-hybridized carbons (Fsp3) is 0.538. The van der Waals surface area contributed by atoms with E-state index in [1.54, 1.807) is 0 Å². The van der Waals surface area contributed by atoms with Gasteiger partial charge in [0.05, 0.1) is 0 Å². The van der Waals surface area contributed by atoms with E-state index in [4.69, 9.17) is 0 Å². The van der Waals surface area contributed by atoms with Crippen molar-refractivity contribution in [3.8, 4) is 0 Å². The molecule has 0 fully saturated rings. The van der Waals surface area contributed by atoms with Crippen molar-refractivity contribution in [2.24, 2.45) is 0 Å². The lowest BCUT2D eigenvalue weighted by atomic mass is 10.1. The van der Waals surface area contributed by atoms with Gasteiger partial charge in [0.15, 0.2) is 0 Å². The first-order valence-corrected chi connectivity index (χ1v) is 6.55. The summed E-state index contributed by atoms with van der Waals surface area (Å²) in [5.74, 6) is -0.163. The molecule has 0 aromatic heterocycles. The highest BCUT2D eigenvalue weighted by molar-refractivity contribution is 9.09. The van der Waals surface area contributed by atoms with Crippen LogP contribution in [0.5, 0.6) is 0 Å². The van der Waals surface area contributed by atoms with Crippen LogP contribution in [0.1, 0.15) is 49.4 Å². The third-order valence-electron chi connectivity index (χ3n) is 2.54. The van der Waals surface area contributed by atoms with Crippen molar-refractivity contribution in [2.45, 2.75) is 43.9 Å². The molecule has 0 spiro atoms. The normalized spacial score (nSPS) is 12.7. The van der Waals surface area contributed by atoms with Crippen molar-refractivity contribution in [1.82, 2.24) is 0 Å². The van der Waals surface area contributed by atoms with E-state index < -0.39 is 0 Å². The maximum atomic E-state index is 12.7. The summed E-state index contributed by atoms with van der Waals surface area (Å²) in [5.41, 5.74) is 1.17. The van der Waals surface area contributed by atoms with Crippen LogP contribution in [-0.2, 0) is 0 Å². The second-order valence-corrected chi connectivity index (χ2v) is 4.97. The third kappa shape index (κ3) is 4.78. The number of benzene rings is 1. The Kier molecular flexibility index (Phi) is 5.92. The number of hydrogen-bond acceptors (Lipinski definition) is 0. The summed E-state index contributed by atoms with van der Waals surface area (Å²) in [6.45, 7) is 2.21. The SMILES string of the molecule is CCCCCCC(Br)c1ccc(F)cc1. The minimum Gasteiger partial charge on any atom is -0.207 e. The zero-order chi connectivity index (χ0) is 11.1. The number of halogens is 2. The molecule has 0 saturated heterocycles. The van der Waals surface area contributed by atoms with Gasteiger partial charge >= 0.3 is 0 Å². The molecule has 0 amide bonds. The van der Waals surface area contributed by atoms with Crippen molar-refractivity contribution in [1.29, 1.82) is 0 Å². The summed E-state index contributed by atoms with van der Waals surface area (Å²) in [6.07, 6.45) is 6.24. The lowest BCUT2D eigenvalue weighted by Gasteiger charge is -2.09. The molecular weight excluding hydrogens is 255 g/mol. The third-order valence-corrected chi connectivity index (χ3v) is 3.53. The van der Waals surface area contributed by atoms with Crippen molar-refractivity contribution < 1.29 is 4.39 Å². The van der Waals surface area contributed by atoms with Crippen molar-refractivity contribution >= 4 is 15.9 Å². The van der Waals surface area contributed by atoms with Crippen LogP contribution in [0.3, 0.4) is 0 Å². The van der Waals surface area contributed by atoms with Gasteiger partial charge in [0.1, 0.15) is 5.82 Å². The van der Waals surface area contributed by atoms with Gasteiger partial charge in [-0.2, -0.15) is 0 Å². The van der Waals surface area contributed by atoms with Gasteiger partial charge in [0.25, 0.3) is 0 Å². The van der Waals surface area contributed by atoms with E-state index in [2.05, 4.69) is 22.9 Å². The minimum absolute atomic E-state index is 0.163. The van der Waals surface area contributed by atoms with Crippen LogP contribution in [0.4, 0.5) is 4.39 Å². The van der Waals surface area contributed by atoms with E-state index in [0.29, 0.717) is 4.83 Å². The largest absolute Gasteiger partial charge is 0.207 e. The van der Waals surface area contributed by atoms with Gasteiger partial charge in [0.2, 0.25) is 0 Å². The maximum absolute atomic E-state index is 12.7. The van der Waals surface area contributed by atoms with Crippen molar-refractivity contribution in [2.75, 3.05) is 0 Å². The van der Waals surface area contributed by atoms with Gasteiger partial charge in [-0.25, -0.2) is 4.39 Å². The molecule has 0 nitrogen and oxygen atoms in total. The second-order valence-electron chi connectivity index (χ2n) is 3.87. The Morgan fingerprint density at radius 1 is 1.13 bits per heavy atom. The first-order valence-electron chi connectivity index (χ1n) is 5.63. The fourth-order valence-corrected chi connectivity index (χ4v) is 2.22. The lowest BCUT2D eigenvalue weighted by Crippen LogP contribution is -1.90. The fourth-order valence-electron chi connectivity index (χ4n) is 1.59. The van der Waals surface area contributed by atoms with Crippen LogP contribution in [0.15, 0.2) is 24.3 Å². The molecule has 1 rings (SSSR count). The predicted molar refractivity (Wildman–Crippen MR) is 66.8 cm³/mol.